The van der Waals surface area contributed by atoms with Gasteiger partial charge in [-0.25, -0.2) is 0 Å². The van der Waals surface area contributed by atoms with Crippen molar-refractivity contribution >= 4 is 5.97 Å². The lowest BCUT2D eigenvalue weighted by atomic mass is 9.70. The van der Waals surface area contributed by atoms with E-state index in [-0.39, 0.29) is 11.2 Å². The molecule has 2 N–H and O–H groups in total. The SMILES string of the molecule is CCCC(C(=O)O)(c1ccc(O)cc1)c1ccc(C(C)(C)C)cc1. The first kappa shape index (κ1) is 18.1. The zero-order valence-corrected chi connectivity index (χ0v) is 14.8. The third-order valence-electron chi connectivity index (χ3n) is 4.59. The molecule has 1 unspecified atom stereocenters. The summed E-state index contributed by atoms with van der Waals surface area (Å²) in [5.41, 5.74) is 1.56. The van der Waals surface area contributed by atoms with Crippen LogP contribution in [0.2, 0.25) is 0 Å². The van der Waals surface area contributed by atoms with Crippen LogP contribution < -0.4 is 0 Å². The molecule has 0 aliphatic heterocycles. The maximum Gasteiger partial charge on any atom is 0.318 e. The van der Waals surface area contributed by atoms with Gasteiger partial charge in [-0.1, -0.05) is 70.5 Å². The largest absolute Gasteiger partial charge is 0.508 e. The first-order chi connectivity index (χ1) is 11.2. The van der Waals surface area contributed by atoms with Crippen molar-refractivity contribution < 1.29 is 15.0 Å². The second-order valence-electron chi connectivity index (χ2n) is 7.33. The van der Waals surface area contributed by atoms with E-state index in [2.05, 4.69) is 20.8 Å². The molecule has 2 aromatic rings. The van der Waals surface area contributed by atoms with E-state index in [4.69, 9.17) is 0 Å². The summed E-state index contributed by atoms with van der Waals surface area (Å²) in [5, 5.41) is 19.6. The van der Waals surface area contributed by atoms with Crippen LogP contribution in [0, 0.1) is 0 Å². The van der Waals surface area contributed by atoms with Gasteiger partial charge in [0, 0.05) is 0 Å². The van der Waals surface area contributed by atoms with E-state index in [0.29, 0.717) is 12.0 Å². The van der Waals surface area contributed by atoms with Crippen LogP contribution >= 0.6 is 0 Å². The number of benzene rings is 2. The predicted octanol–water partition coefficient (Wildman–Crippen LogP) is 4.86. The summed E-state index contributed by atoms with van der Waals surface area (Å²) in [4.78, 5) is 12.3. The molecule has 0 heterocycles. The van der Waals surface area contributed by atoms with Gasteiger partial charge in [-0.3, -0.25) is 4.79 Å². The van der Waals surface area contributed by atoms with Crippen LogP contribution in [0.5, 0.6) is 5.75 Å². The number of phenols is 1. The van der Waals surface area contributed by atoms with Crippen molar-refractivity contribution in [2.24, 2.45) is 0 Å². The molecule has 24 heavy (non-hydrogen) atoms. The van der Waals surface area contributed by atoms with E-state index >= 15 is 0 Å². The van der Waals surface area contributed by atoms with Gasteiger partial charge in [0.1, 0.15) is 11.2 Å². The average Bonchev–Trinajstić information content (AvgIpc) is 2.52. The Hall–Kier alpha value is -2.29. The molecule has 2 rings (SSSR count). The Labute approximate surface area is 144 Å². The molecule has 0 saturated carbocycles. The van der Waals surface area contributed by atoms with Crippen LogP contribution in [0.3, 0.4) is 0 Å². The van der Waals surface area contributed by atoms with Gasteiger partial charge in [-0.15, -0.1) is 0 Å². The van der Waals surface area contributed by atoms with Crippen molar-refractivity contribution in [1.29, 1.82) is 0 Å². The van der Waals surface area contributed by atoms with Crippen molar-refractivity contribution in [3.05, 3.63) is 65.2 Å². The molecule has 0 aromatic heterocycles. The summed E-state index contributed by atoms with van der Waals surface area (Å²) in [6.45, 7) is 8.40. The molecular formula is C21H26O3. The van der Waals surface area contributed by atoms with Crippen LogP contribution in [0.1, 0.15) is 57.2 Å². The Balaban J connectivity index is 2.62. The van der Waals surface area contributed by atoms with Gasteiger partial charge in [-0.2, -0.15) is 0 Å². The number of aliphatic carboxylic acids is 1. The topological polar surface area (TPSA) is 57.5 Å². The predicted molar refractivity (Wildman–Crippen MR) is 96.6 cm³/mol. The minimum absolute atomic E-state index is 0.0215. The Kier molecular flexibility index (Phi) is 5.02. The normalized spacial score (nSPS) is 14.2. The molecule has 0 amide bonds. The van der Waals surface area contributed by atoms with E-state index in [1.54, 1.807) is 24.3 Å². The van der Waals surface area contributed by atoms with Crippen LogP contribution in [0.15, 0.2) is 48.5 Å². The van der Waals surface area contributed by atoms with Crippen molar-refractivity contribution in [3.8, 4) is 5.75 Å². The summed E-state index contributed by atoms with van der Waals surface area (Å²) in [6, 6.07) is 14.4. The van der Waals surface area contributed by atoms with Crippen LogP contribution in [-0.4, -0.2) is 16.2 Å². The van der Waals surface area contributed by atoms with Crippen molar-refractivity contribution in [3.63, 3.8) is 0 Å². The summed E-state index contributed by atoms with van der Waals surface area (Å²) in [5.74, 6) is -0.726. The molecule has 128 valence electrons. The van der Waals surface area contributed by atoms with E-state index in [9.17, 15) is 15.0 Å². The number of rotatable bonds is 5. The Morgan fingerprint density at radius 1 is 0.875 bits per heavy atom. The van der Waals surface area contributed by atoms with Gasteiger partial charge in [0.15, 0.2) is 0 Å². The average molecular weight is 326 g/mol. The fourth-order valence-electron chi connectivity index (χ4n) is 3.18. The number of carboxylic acids is 1. The van der Waals surface area contributed by atoms with Crippen LogP contribution in [-0.2, 0) is 15.6 Å². The number of hydrogen-bond donors (Lipinski definition) is 2. The van der Waals surface area contributed by atoms with Crippen molar-refractivity contribution in [1.82, 2.24) is 0 Å². The smallest absolute Gasteiger partial charge is 0.318 e. The van der Waals surface area contributed by atoms with Crippen LogP contribution in [0.25, 0.3) is 0 Å². The van der Waals surface area contributed by atoms with E-state index < -0.39 is 11.4 Å². The minimum Gasteiger partial charge on any atom is -0.508 e. The lowest BCUT2D eigenvalue weighted by Gasteiger charge is -2.31. The molecule has 3 nitrogen and oxygen atoms in total. The highest BCUT2D eigenvalue weighted by Crippen LogP contribution is 2.38. The van der Waals surface area contributed by atoms with Gasteiger partial charge in [0.25, 0.3) is 0 Å². The van der Waals surface area contributed by atoms with E-state index in [0.717, 1.165) is 12.0 Å². The lowest BCUT2D eigenvalue weighted by Crippen LogP contribution is -2.37. The molecule has 0 aliphatic carbocycles. The van der Waals surface area contributed by atoms with E-state index in [1.807, 2.05) is 31.2 Å². The molecule has 1 atom stereocenters. The molecule has 0 spiro atoms. The zero-order chi connectivity index (χ0) is 18.0. The Bertz CT molecular complexity index is 693. The number of phenolic OH excluding ortho intramolecular Hbond substituents is 1. The maximum absolute atomic E-state index is 12.3. The summed E-state index contributed by atoms with van der Waals surface area (Å²) >= 11 is 0. The number of carbonyl (C=O) groups is 1. The molecule has 0 saturated heterocycles. The molecule has 3 heteroatoms. The lowest BCUT2D eigenvalue weighted by molar-refractivity contribution is -0.142. The molecule has 0 radical (unpaired) electrons. The van der Waals surface area contributed by atoms with Gasteiger partial charge in [-0.05, 0) is 40.7 Å². The highest BCUT2D eigenvalue weighted by Gasteiger charge is 2.41. The van der Waals surface area contributed by atoms with Crippen molar-refractivity contribution in [2.75, 3.05) is 0 Å². The fourth-order valence-corrected chi connectivity index (χ4v) is 3.18. The summed E-state index contributed by atoms with van der Waals surface area (Å²) < 4.78 is 0. The standard InChI is InChI=1S/C21H26O3/c1-5-14-21(19(23)24,17-10-12-18(22)13-11-17)16-8-6-15(7-9-16)20(2,3)4/h6-13,22H,5,14H2,1-4H3,(H,23,24). The molecule has 0 aliphatic rings. The highest BCUT2D eigenvalue weighted by molar-refractivity contribution is 5.86. The van der Waals surface area contributed by atoms with Gasteiger partial charge in [0.2, 0.25) is 0 Å². The third-order valence-corrected chi connectivity index (χ3v) is 4.59. The minimum atomic E-state index is -1.10. The number of carboxylic acid groups (broad SMARTS) is 1. The molecule has 0 bridgehead atoms. The molecule has 2 aromatic carbocycles. The summed E-state index contributed by atoms with van der Waals surface area (Å²) in [7, 11) is 0. The van der Waals surface area contributed by atoms with Gasteiger partial charge >= 0.3 is 5.97 Å². The Morgan fingerprint density at radius 2 is 1.29 bits per heavy atom. The quantitative estimate of drug-likeness (QED) is 0.825. The third kappa shape index (κ3) is 3.30. The number of hydrogen-bond acceptors (Lipinski definition) is 2. The molecule has 0 fully saturated rings. The van der Waals surface area contributed by atoms with Gasteiger partial charge in [0.05, 0.1) is 0 Å². The van der Waals surface area contributed by atoms with Crippen LogP contribution in [0.4, 0.5) is 0 Å². The second kappa shape index (κ2) is 6.68. The Morgan fingerprint density at radius 3 is 1.67 bits per heavy atom. The highest BCUT2D eigenvalue weighted by atomic mass is 16.4. The van der Waals surface area contributed by atoms with Gasteiger partial charge < -0.3 is 10.2 Å². The first-order valence-corrected chi connectivity index (χ1v) is 8.35. The maximum atomic E-state index is 12.3. The summed E-state index contributed by atoms with van der Waals surface area (Å²) in [6.07, 6.45) is 1.25. The zero-order valence-electron chi connectivity index (χ0n) is 14.8. The number of aromatic hydroxyl groups is 1. The monoisotopic (exact) mass is 326 g/mol. The fraction of sp³-hybridized carbons (Fsp3) is 0.381. The first-order valence-electron chi connectivity index (χ1n) is 8.35. The second-order valence-corrected chi connectivity index (χ2v) is 7.33. The van der Waals surface area contributed by atoms with Crippen molar-refractivity contribution in [2.45, 2.75) is 51.4 Å². The van der Waals surface area contributed by atoms with E-state index in [1.165, 1.54) is 5.56 Å². The molecular weight excluding hydrogens is 300 g/mol.